The van der Waals surface area contributed by atoms with E-state index in [9.17, 15) is 23.3 Å². The number of nitrogens with zero attached hydrogens (tertiary/aromatic N) is 3. The summed E-state index contributed by atoms with van der Waals surface area (Å²) < 4.78 is 27.9. The number of benzene rings is 2. The van der Waals surface area contributed by atoms with Crippen molar-refractivity contribution in [2.75, 3.05) is 38.5 Å². The number of non-ortho nitro benzene ring substituents is 1. The molecular weight excluding hydrogens is 420 g/mol. The Morgan fingerprint density at radius 1 is 1.03 bits per heavy atom. The topological polar surface area (TPSA) is 113 Å². The van der Waals surface area contributed by atoms with Crippen molar-refractivity contribution >= 4 is 27.3 Å². The Morgan fingerprint density at radius 2 is 1.61 bits per heavy atom. The molecule has 0 atom stereocenters. The number of piperazine rings is 1. The van der Waals surface area contributed by atoms with Crippen LogP contribution in [0.3, 0.4) is 0 Å². The highest BCUT2D eigenvalue weighted by atomic mass is 32.2. The normalized spacial score (nSPS) is 15.0. The van der Waals surface area contributed by atoms with E-state index in [-0.39, 0.29) is 43.3 Å². The largest absolute Gasteiger partial charge is 0.387 e. The molecule has 0 aliphatic carbocycles. The zero-order valence-electron chi connectivity index (χ0n) is 18.0. The predicted molar refractivity (Wildman–Crippen MR) is 118 cm³/mol. The number of rotatable bonds is 5. The smallest absolute Gasteiger partial charge is 0.270 e. The third kappa shape index (κ3) is 4.40. The number of anilines is 1. The highest BCUT2D eigenvalue weighted by Crippen LogP contribution is 2.27. The lowest BCUT2D eigenvalue weighted by atomic mass is 10.1. The number of carbonyl (C=O) groups excluding carboxylic acids is 1. The Bertz CT molecular complexity index is 1120. The molecule has 1 heterocycles. The van der Waals surface area contributed by atoms with E-state index < -0.39 is 14.9 Å². The third-order valence-corrected chi connectivity index (χ3v) is 7.65. The molecule has 1 aliphatic rings. The van der Waals surface area contributed by atoms with E-state index in [1.165, 1.54) is 27.4 Å². The average Bonchev–Trinajstić information content (AvgIpc) is 2.71. The van der Waals surface area contributed by atoms with Crippen molar-refractivity contribution in [3.05, 3.63) is 62.7 Å². The van der Waals surface area contributed by atoms with Crippen LogP contribution in [0.2, 0.25) is 0 Å². The van der Waals surface area contributed by atoms with Crippen molar-refractivity contribution in [3.8, 4) is 0 Å². The van der Waals surface area contributed by atoms with Gasteiger partial charge in [0.05, 0.1) is 15.4 Å². The van der Waals surface area contributed by atoms with E-state index in [1.54, 1.807) is 20.9 Å². The molecule has 9 nitrogen and oxygen atoms in total. The van der Waals surface area contributed by atoms with Crippen LogP contribution in [-0.2, 0) is 10.0 Å². The number of carbonyl (C=O) groups is 1. The fourth-order valence-corrected chi connectivity index (χ4v) is 5.88. The van der Waals surface area contributed by atoms with E-state index in [0.29, 0.717) is 21.7 Å². The van der Waals surface area contributed by atoms with Crippen LogP contribution in [0.25, 0.3) is 0 Å². The van der Waals surface area contributed by atoms with Gasteiger partial charge in [-0.25, -0.2) is 8.42 Å². The number of aryl methyl sites for hydroxylation is 3. The van der Waals surface area contributed by atoms with Gasteiger partial charge in [0, 0.05) is 51.0 Å². The van der Waals surface area contributed by atoms with Crippen LogP contribution in [0.4, 0.5) is 11.4 Å². The van der Waals surface area contributed by atoms with Crippen LogP contribution < -0.4 is 5.32 Å². The monoisotopic (exact) mass is 446 g/mol. The van der Waals surface area contributed by atoms with E-state index in [4.69, 9.17) is 0 Å². The van der Waals surface area contributed by atoms with Gasteiger partial charge in [-0.2, -0.15) is 4.31 Å². The summed E-state index contributed by atoms with van der Waals surface area (Å²) in [6.07, 6.45) is 0. The van der Waals surface area contributed by atoms with Gasteiger partial charge in [0.25, 0.3) is 11.6 Å². The van der Waals surface area contributed by atoms with Crippen LogP contribution >= 0.6 is 0 Å². The van der Waals surface area contributed by atoms with E-state index >= 15 is 0 Å². The minimum Gasteiger partial charge on any atom is -0.387 e. The Labute approximate surface area is 181 Å². The van der Waals surface area contributed by atoms with Crippen molar-refractivity contribution < 1.29 is 18.1 Å². The van der Waals surface area contributed by atoms with E-state index in [0.717, 1.165) is 5.56 Å². The summed E-state index contributed by atoms with van der Waals surface area (Å²) >= 11 is 0. The SMILES string of the molecule is CNc1ccc([N+](=O)[O-])cc1C(=O)N1CCN(S(=O)(=O)c2c(C)cc(C)cc2C)CC1. The molecule has 2 aromatic rings. The average molecular weight is 447 g/mol. The van der Waals surface area contributed by atoms with Gasteiger partial charge in [-0.3, -0.25) is 14.9 Å². The van der Waals surface area contributed by atoms with Gasteiger partial charge in [-0.15, -0.1) is 0 Å². The second kappa shape index (κ2) is 8.64. The first-order chi connectivity index (χ1) is 14.6. The summed E-state index contributed by atoms with van der Waals surface area (Å²) in [6, 6.07) is 7.77. The molecule has 1 N–H and O–H groups in total. The standard InChI is InChI=1S/C21H26N4O5S/c1-14-11-15(2)20(16(3)12-14)31(29,30)24-9-7-23(8-10-24)21(26)18-13-17(25(27)28)5-6-19(18)22-4/h5-6,11-13,22H,7-10H2,1-4H3. The fourth-order valence-electron chi connectivity index (χ4n) is 4.05. The lowest BCUT2D eigenvalue weighted by molar-refractivity contribution is -0.384. The molecular formula is C21H26N4O5S. The third-order valence-electron chi connectivity index (χ3n) is 5.44. The number of hydrogen-bond acceptors (Lipinski definition) is 6. The molecule has 0 saturated carbocycles. The minimum atomic E-state index is -3.69. The lowest BCUT2D eigenvalue weighted by Gasteiger charge is -2.34. The molecule has 10 heteroatoms. The second-order valence-electron chi connectivity index (χ2n) is 7.66. The number of amides is 1. The lowest BCUT2D eigenvalue weighted by Crippen LogP contribution is -2.50. The van der Waals surface area contributed by atoms with E-state index in [2.05, 4.69) is 5.32 Å². The van der Waals surface area contributed by atoms with Gasteiger partial charge in [-0.05, 0) is 38.0 Å². The molecule has 1 amide bonds. The number of nitro benzene ring substituents is 1. The number of nitro groups is 1. The highest BCUT2D eigenvalue weighted by molar-refractivity contribution is 7.89. The number of nitrogens with one attached hydrogen (secondary N) is 1. The molecule has 1 saturated heterocycles. The summed E-state index contributed by atoms with van der Waals surface area (Å²) in [5.74, 6) is -0.368. The van der Waals surface area contributed by atoms with E-state index in [1.807, 2.05) is 19.1 Å². The molecule has 1 aliphatic heterocycles. The van der Waals surface area contributed by atoms with Crippen LogP contribution in [0.1, 0.15) is 27.0 Å². The molecule has 0 radical (unpaired) electrons. The Hall–Kier alpha value is -2.98. The number of hydrogen-bond donors (Lipinski definition) is 1. The molecule has 166 valence electrons. The molecule has 31 heavy (non-hydrogen) atoms. The molecule has 0 unspecified atom stereocenters. The number of sulfonamides is 1. The zero-order chi connectivity index (χ0) is 22.9. The summed E-state index contributed by atoms with van der Waals surface area (Å²) in [5.41, 5.74) is 2.91. The van der Waals surface area contributed by atoms with Crippen molar-refractivity contribution in [2.24, 2.45) is 0 Å². The zero-order valence-corrected chi connectivity index (χ0v) is 18.8. The van der Waals surface area contributed by atoms with Gasteiger partial charge in [-0.1, -0.05) is 17.7 Å². The maximum Gasteiger partial charge on any atom is 0.270 e. The van der Waals surface area contributed by atoms with Crippen molar-refractivity contribution in [3.63, 3.8) is 0 Å². The van der Waals surface area contributed by atoms with Crippen LogP contribution in [0.5, 0.6) is 0 Å². The first-order valence-electron chi connectivity index (χ1n) is 9.89. The Balaban J connectivity index is 1.81. The van der Waals surface area contributed by atoms with Crippen molar-refractivity contribution in [2.45, 2.75) is 25.7 Å². The van der Waals surface area contributed by atoms with Crippen LogP contribution in [0, 0.1) is 30.9 Å². The predicted octanol–water partition coefficient (Wildman–Crippen LogP) is 2.71. The maximum atomic E-state index is 13.2. The van der Waals surface area contributed by atoms with Gasteiger partial charge in [0.15, 0.2) is 0 Å². The van der Waals surface area contributed by atoms with Crippen LogP contribution in [-0.4, -0.2) is 61.7 Å². The molecule has 0 aromatic heterocycles. The minimum absolute atomic E-state index is 0.157. The Morgan fingerprint density at radius 3 is 2.13 bits per heavy atom. The van der Waals surface area contributed by atoms with Gasteiger partial charge in [0.2, 0.25) is 10.0 Å². The van der Waals surface area contributed by atoms with Gasteiger partial charge < -0.3 is 10.2 Å². The van der Waals surface area contributed by atoms with Crippen LogP contribution in [0.15, 0.2) is 35.2 Å². The quantitative estimate of drug-likeness (QED) is 0.558. The fraction of sp³-hybridized carbons (Fsp3) is 0.381. The molecule has 3 rings (SSSR count). The van der Waals surface area contributed by atoms with Crippen molar-refractivity contribution in [1.29, 1.82) is 0 Å². The maximum absolute atomic E-state index is 13.2. The van der Waals surface area contributed by atoms with Gasteiger partial charge >= 0.3 is 0 Å². The molecule has 1 fully saturated rings. The second-order valence-corrected chi connectivity index (χ2v) is 9.54. The first kappa shape index (κ1) is 22.7. The van der Waals surface area contributed by atoms with Gasteiger partial charge in [0.1, 0.15) is 0 Å². The summed E-state index contributed by atoms with van der Waals surface area (Å²) in [6.45, 7) is 6.22. The summed E-state index contributed by atoms with van der Waals surface area (Å²) in [5, 5.41) is 14.0. The molecule has 2 aromatic carbocycles. The van der Waals surface area contributed by atoms with Crippen molar-refractivity contribution in [1.82, 2.24) is 9.21 Å². The summed E-state index contributed by atoms with van der Waals surface area (Å²) in [7, 11) is -2.06. The molecule has 0 spiro atoms. The highest BCUT2D eigenvalue weighted by Gasteiger charge is 2.33. The first-order valence-corrected chi connectivity index (χ1v) is 11.3. The summed E-state index contributed by atoms with van der Waals surface area (Å²) in [4.78, 5) is 25.4. The molecule has 0 bridgehead atoms. The Kier molecular flexibility index (Phi) is 6.33.